The number of carbonyl (C=O) groups excluding carboxylic acids is 3. The van der Waals surface area contributed by atoms with E-state index in [4.69, 9.17) is 4.74 Å². The molecule has 3 amide bonds. The third-order valence-corrected chi connectivity index (χ3v) is 7.02. The Morgan fingerprint density at radius 1 is 1.23 bits per heavy atom. The first-order chi connectivity index (χ1) is 16.9. The number of non-ortho nitro benzene ring substituents is 1. The fourth-order valence-electron chi connectivity index (χ4n) is 3.69. The molecule has 35 heavy (non-hydrogen) atoms. The van der Waals surface area contributed by atoms with Gasteiger partial charge in [0.15, 0.2) is 0 Å². The maximum Gasteiger partial charge on any atom is 0.294 e. The maximum atomic E-state index is 13.0. The van der Waals surface area contributed by atoms with Crippen molar-refractivity contribution < 1.29 is 24.0 Å². The lowest BCUT2D eigenvalue weighted by Crippen LogP contribution is -2.36. The minimum Gasteiger partial charge on any atom is -0.378 e. The zero-order valence-corrected chi connectivity index (χ0v) is 20.4. The molecule has 2 saturated heterocycles. The Bertz CT molecular complexity index is 1210. The van der Waals surface area contributed by atoms with Crippen molar-refractivity contribution in [3.05, 3.63) is 63.0 Å². The number of morpholine rings is 1. The van der Waals surface area contributed by atoms with Gasteiger partial charge >= 0.3 is 0 Å². The number of imide groups is 1. The Hall–Kier alpha value is -3.35. The van der Waals surface area contributed by atoms with Crippen molar-refractivity contribution >= 4 is 63.7 Å². The highest BCUT2D eigenvalue weighted by Gasteiger charge is 2.36. The summed E-state index contributed by atoms with van der Waals surface area (Å²) in [5, 5.41) is 13.5. The average Bonchev–Trinajstić information content (AvgIpc) is 3.11. The summed E-state index contributed by atoms with van der Waals surface area (Å²) in [6.07, 6.45) is 3.39. The molecule has 2 heterocycles. The lowest BCUT2D eigenvalue weighted by Gasteiger charge is -2.30. The van der Waals surface area contributed by atoms with Gasteiger partial charge < -0.3 is 15.0 Å². The molecule has 2 aliphatic heterocycles. The highest BCUT2D eigenvalue weighted by atomic mass is 32.2. The lowest BCUT2D eigenvalue weighted by molar-refractivity contribution is -0.384. The van der Waals surface area contributed by atoms with E-state index >= 15 is 0 Å². The number of nitrogens with zero attached hydrogens (tertiary/aromatic N) is 3. The maximum absolute atomic E-state index is 13.0. The molecule has 0 bridgehead atoms. The van der Waals surface area contributed by atoms with E-state index in [1.807, 2.05) is 17.2 Å². The first kappa shape index (κ1) is 24.8. The second-order valence-corrected chi connectivity index (χ2v) is 9.52. The van der Waals surface area contributed by atoms with Gasteiger partial charge in [0.25, 0.3) is 16.8 Å². The van der Waals surface area contributed by atoms with Crippen LogP contribution in [0.25, 0.3) is 6.08 Å². The fraction of sp³-hybridized carbons (Fsp3) is 0.261. The summed E-state index contributed by atoms with van der Waals surface area (Å²) in [6, 6.07) is 11.6. The van der Waals surface area contributed by atoms with Gasteiger partial charge in [0.2, 0.25) is 5.91 Å². The average molecular weight is 515 g/mol. The first-order valence-corrected chi connectivity index (χ1v) is 12.7. The zero-order valence-electron chi connectivity index (χ0n) is 18.8. The van der Waals surface area contributed by atoms with E-state index in [1.54, 1.807) is 24.3 Å². The summed E-state index contributed by atoms with van der Waals surface area (Å²) in [4.78, 5) is 52.8. The second kappa shape index (κ2) is 10.9. The van der Waals surface area contributed by atoms with Gasteiger partial charge in [-0.25, -0.2) is 0 Å². The normalized spacial score (nSPS) is 17.2. The minimum atomic E-state index is -0.618. The number of nitrogens with one attached hydrogen (secondary N) is 1. The summed E-state index contributed by atoms with van der Waals surface area (Å²) < 4.78 is 5.38. The van der Waals surface area contributed by atoms with Gasteiger partial charge in [-0.2, -0.15) is 0 Å². The standard InChI is InChI=1S/C23H22N4O6S2/c1-34-18-4-2-3-16(13-18)24-21(28)14-26-22(29)20(35-23(26)30)12-15-11-17(27(31)32)5-6-19(15)25-7-9-33-10-8-25/h2-6,11-13H,7-10,14H2,1H3,(H,24,28)/b20-12-. The van der Waals surface area contributed by atoms with E-state index in [-0.39, 0.29) is 10.6 Å². The molecule has 0 spiro atoms. The second-order valence-electron chi connectivity index (χ2n) is 7.65. The number of thioether (sulfide) groups is 2. The molecule has 2 aliphatic rings. The van der Waals surface area contributed by atoms with Crippen molar-refractivity contribution in [2.45, 2.75) is 4.90 Å². The highest BCUT2D eigenvalue weighted by molar-refractivity contribution is 8.18. The van der Waals surface area contributed by atoms with Crippen LogP contribution in [0.3, 0.4) is 0 Å². The molecule has 0 atom stereocenters. The minimum absolute atomic E-state index is 0.0992. The molecule has 0 radical (unpaired) electrons. The molecule has 182 valence electrons. The quantitative estimate of drug-likeness (QED) is 0.254. The lowest BCUT2D eigenvalue weighted by atomic mass is 10.1. The predicted molar refractivity (Wildman–Crippen MR) is 136 cm³/mol. The molecule has 2 aromatic rings. The first-order valence-electron chi connectivity index (χ1n) is 10.7. The summed E-state index contributed by atoms with van der Waals surface area (Å²) in [6.45, 7) is 1.79. The van der Waals surface area contributed by atoms with E-state index in [2.05, 4.69) is 5.32 Å². The number of hydrogen-bond donors (Lipinski definition) is 1. The number of carbonyl (C=O) groups is 3. The van der Waals surface area contributed by atoms with Gasteiger partial charge in [0, 0.05) is 47.1 Å². The topological polar surface area (TPSA) is 122 Å². The van der Waals surface area contributed by atoms with Crippen LogP contribution >= 0.6 is 23.5 Å². The van der Waals surface area contributed by atoms with Crippen LogP contribution in [-0.4, -0.2) is 66.0 Å². The van der Waals surface area contributed by atoms with E-state index < -0.39 is 28.5 Å². The Labute approximate surface area is 209 Å². The Balaban J connectivity index is 1.54. The molecule has 2 aromatic carbocycles. The SMILES string of the molecule is CSc1cccc(NC(=O)CN2C(=O)S/C(=C\c3cc([N+](=O)[O-])ccc3N3CCOCC3)C2=O)c1. The molecule has 0 aliphatic carbocycles. The molecule has 0 saturated carbocycles. The van der Waals surface area contributed by atoms with Gasteiger partial charge in [-0.05, 0) is 48.4 Å². The number of hydrogen-bond acceptors (Lipinski definition) is 9. The molecule has 0 aromatic heterocycles. The predicted octanol–water partition coefficient (Wildman–Crippen LogP) is 3.83. The van der Waals surface area contributed by atoms with Crippen LogP contribution in [0.5, 0.6) is 0 Å². The van der Waals surface area contributed by atoms with Crippen molar-refractivity contribution in [1.29, 1.82) is 0 Å². The van der Waals surface area contributed by atoms with Crippen LogP contribution in [0.2, 0.25) is 0 Å². The summed E-state index contributed by atoms with van der Waals surface area (Å²) in [5.41, 5.74) is 1.59. The molecule has 10 nitrogen and oxygen atoms in total. The Morgan fingerprint density at radius 2 is 2.00 bits per heavy atom. The zero-order chi connectivity index (χ0) is 24.9. The molecular formula is C23H22N4O6S2. The van der Waals surface area contributed by atoms with Crippen LogP contribution in [0, 0.1) is 10.1 Å². The molecule has 0 unspecified atom stereocenters. The largest absolute Gasteiger partial charge is 0.378 e. The summed E-state index contributed by atoms with van der Waals surface area (Å²) in [7, 11) is 0. The van der Waals surface area contributed by atoms with E-state index in [1.165, 1.54) is 30.0 Å². The van der Waals surface area contributed by atoms with Gasteiger partial charge in [-0.15, -0.1) is 11.8 Å². The van der Waals surface area contributed by atoms with Crippen LogP contribution < -0.4 is 10.2 Å². The molecule has 4 rings (SSSR count). The molecule has 12 heteroatoms. The van der Waals surface area contributed by atoms with Gasteiger partial charge in [0.1, 0.15) is 6.54 Å². The third kappa shape index (κ3) is 5.84. The van der Waals surface area contributed by atoms with Crippen LogP contribution in [-0.2, 0) is 14.3 Å². The van der Waals surface area contributed by atoms with Gasteiger partial charge in [-0.3, -0.25) is 29.4 Å². The summed E-state index contributed by atoms with van der Waals surface area (Å²) in [5.74, 6) is -1.12. The Morgan fingerprint density at radius 3 is 2.71 bits per heavy atom. The highest BCUT2D eigenvalue weighted by Crippen LogP contribution is 2.35. The van der Waals surface area contributed by atoms with Crippen LogP contribution in [0.1, 0.15) is 5.56 Å². The number of nitro benzene ring substituents is 1. The Kier molecular flexibility index (Phi) is 7.73. The van der Waals surface area contributed by atoms with Crippen LogP contribution in [0.4, 0.5) is 21.9 Å². The summed E-state index contributed by atoms with van der Waals surface area (Å²) >= 11 is 2.23. The smallest absolute Gasteiger partial charge is 0.294 e. The number of nitro groups is 1. The van der Waals surface area contributed by atoms with Crippen molar-refractivity contribution in [3.8, 4) is 0 Å². The van der Waals surface area contributed by atoms with Crippen molar-refractivity contribution in [2.24, 2.45) is 0 Å². The van der Waals surface area contributed by atoms with Crippen molar-refractivity contribution in [1.82, 2.24) is 4.90 Å². The van der Waals surface area contributed by atoms with E-state index in [0.29, 0.717) is 55.0 Å². The molecular weight excluding hydrogens is 492 g/mol. The van der Waals surface area contributed by atoms with E-state index in [9.17, 15) is 24.5 Å². The van der Waals surface area contributed by atoms with E-state index in [0.717, 1.165) is 9.80 Å². The molecule has 2 fully saturated rings. The number of ether oxygens (including phenoxy) is 1. The van der Waals surface area contributed by atoms with Crippen molar-refractivity contribution in [2.75, 3.05) is 49.3 Å². The van der Waals surface area contributed by atoms with Crippen LogP contribution in [0.15, 0.2) is 52.3 Å². The number of rotatable bonds is 7. The number of anilines is 2. The van der Waals surface area contributed by atoms with Gasteiger partial charge in [0.05, 0.1) is 23.0 Å². The van der Waals surface area contributed by atoms with Crippen molar-refractivity contribution in [3.63, 3.8) is 0 Å². The number of benzene rings is 2. The number of amides is 3. The fourth-order valence-corrected chi connectivity index (χ4v) is 4.97. The monoisotopic (exact) mass is 514 g/mol. The molecule has 1 N–H and O–H groups in total. The third-order valence-electron chi connectivity index (χ3n) is 5.39. The van der Waals surface area contributed by atoms with Gasteiger partial charge in [-0.1, -0.05) is 6.07 Å².